The third kappa shape index (κ3) is 2.45. The Bertz CT molecular complexity index is 1340. The second-order valence-corrected chi connectivity index (χ2v) is 6.95. The number of fused-ring (bicyclic) bond motifs is 3. The minimum Gasteiger partial charge on any atom is -0.479 e. The minimum atomic E-state index is -0.543. The zero-order valence-electron chi connectivity index (χ0n) is 15.4. The smallest absolute Gasteiger partial charge is 0.265 e. The molecule has 0 radical (unpaired) electrons. The molecule has 0 aliphatic carbocycles. The highest BCUT2D eigenvalue weighted by Gasteiger charge is 2.24. The second-order valence-electron chi connectivity index (χ2n) is 6.95. The standard InChI is InChI=1S/C22H17N3O3/c1-12-21(26)24-19-11-16(7-8-20(19)28-12)25-13(2)23-18-10-15-6-4-3-5-14(15)9-17(18)22(25)27/h3-12H,1-2H3,(H,24,26)/t12-/m1/s1. The highest BCUT2D eigenvalue weighted by atomic mass is 16.5. The predicted octanol–water partition coefficient (Wildman–Crippen LogP) is 3.57. The number of carbonyl (C=O) groups is 1. The van der Waals surface area contributed by atoms with Crippen molar-refractivity contribution in [3.8, 4) is 11.4 Å². The summed E-state index contributed by atoms with van der Waals surface area (Å²) in [4.78, 5) is 29.8. The molecule has 2 heterocycles. The number of nitrogens with zero attached hydrogens (tertiary/aromatic N) is 2. The largest absolute Gasteiger partial charge is 0.479 e. The van der Waals surface area contributed by atoms with Crippen molar-refractivity contribution >= 4 is 33.3 Å². The molecule has 1 atom stereocenters. The molecule has 6 heteroatoms. The number of amides is 1. The van der Waals surface area contributed by atoms with Crippen LogP contribution in [0.25, 0.3) is 27.4 Å². The highest BCUT2D eigenvalue weighted by Crippen LogP contribution is 2.31. The van der Waals surface area contributed by atoms with E-state index >= 15 is 0 Å². The topological polar surface area (TPSA) is 73.2 Å². The van der Waals surface area contributed by atoms with Crippen LogP contribution in [0.1, 0.15) is 12.7 Å². The normalized spacial score (nSPS) is 15.9. The summed E-state index contributed by atoms with van der Waals surface area (Å²) in [6.45, 7) is 3.49. The molecule has 0 saturated heterocycles. The fourth-order valence-electron chi connectivity index (χ4n) is 3.62. The van der Waals surface area contributed by atoms with Gasteiger partial charge >= 0.3 is 0 Å². The maximum atomic E-state index is 13.3. The van der Waals surface area contributed by atoms with Crippen LogP contribution < -0.4 is 15.6 Å². The van der Waals surface area contributed by atoms with Gasteiger partial charge in [0.25, 0.3) is 11.5 Å². The molecule has 138 valence electrons. The van der Waals surface area contributed by atoms with Gasteiger partial charge in [0.15, 0.2) is 6.10 Å². The summed E-state index contributed by atoms with van der Waals surface area (Å²) in [5, 5.41) is 5.41. The van der Waals surface area contributed by atoms with Gasteiger partial charge in [-0.15, -0.1) is 0 Å². The van der Waals surface area contributed by atoms with Crippen LogP contribution in [-0.4, -0.2) is 21.6 Å². The average Bonchev–Trinajstić information content (AvgIpc) is 2.68. The number of benzene rings is 3. The van der Waals surface area contributed by atoms with E-state index in [2.05, 4.69) is 10.3 Å². The van der Waals surface area contributed by atoms with Crippen molar-refractivity contribution in [1.29, 1.82) is 0 Å². The van der Waals surface area contributed by atoms with Crippen LogP contribution in [0.3, 0.4) is 0 Å². The molecule has 1 N–H and O–H groups in total. The van der Waals surface area contributed by atoms with Crippen molar-refractivity contribution in [2.75, 3.05) is 5.32 Å². The first-order valence-corrected chi connectivity index (χ1v) is 9.05. The Kier molecular flexibility index (Phi) is 3.49. The lowest BCUT2D eigenvalue weighted by Gasteiger charge is -2.24. The molecule has 5 rings (SSSR count). The number of ether oxygens (including phenoxy) is 1. The Morgan fingerprint density at radius 1 is 1.04 bits per heavy atom. The molecule has 0 fully saturated rings. The molecule has 1 aromatic heterocycles. The molecular weight excluding hydrogens is 354 g/mol. The van der Waals surface area contributed by atoms with E-state index in [4.69, 9.17) is 4.74 Å². The summed E-state index contributed by atoms with van der Waals surface area (Å²) >= 11 is 0. The van der Waals surface area contributed by atoms with Crippen molar-refractivity contribution in [3.63, 3.8) is 0 Å². The molecule has 0 bridgehead atoms. The van der Waals surface area contributed by atoms with Crippen molar-refractivity contribution in [2.45, 2.75) is 20.0 Å². The Morgan fingerprint density at radius 3 is 2.57 bits per heavy atom. The Morgan fingerprint density at radius 2 is 1.79 bits per heavy atom. The summed E-state index contributed by atoms with van der Waals surface area (Å²) in [5.74, 6) is 0.947. The first-order chi connectivity index (χ1) is 13.5. The van der Waals surface area contributed by atoms with Gasteiger partial charge in [-0.2, -0.15) is 0 Å². The molecule has 0 spiro atoms. The number of hydrogen-bond acceptors (Lipinski definition) is 4. The molecule has 3 aromatic carbocycles. The SMILES string of the molecule is Cc1nc2cc3ccccc3cc2c(=O)n1-c1ccc2c(c1)NC(=O)[C@@H](C)O2. The average molecular weight is 371 g/mol. The van der Waals surface area contributed by atoms with E-state index < -0.39 is 6.10 Å². The second kappa shape index (κ2) is 5.92. The van der Waals surface area contributed by atoms with E-state index in [9.17, 15) is 9.59 Å². The molecule has 1 aliphatic heterocycles. The van der Waals surface area contributed by atoms with Gasteiger partial charge in [0.2, 0.25) is 0 Å². The van der Waals surface area contributed by atoms with E-state index in [1.54, 1.807) is 36.6 Å². The van der Waals surface area contributed by atoms with Crippen molar-refractivity contribution in [1.82, 2.24) is 9.55 Å². The van der Waals surface area contributed by atoms with E-state index in [1.165, 1.54) is 0 Å². The Hall–Kier alpha value is -3.67. The number of nitrogens with one attached hydrogen (secondary N) is 1. The van der Waals surface area contributed by atoms with Gasteiger partial charge in [-0.1, -0.05) is 24.3 Å². The Labute approximate surface area is 160 Å². The highest BCUT2D eigenvalue weighted by molar-refractivity contribution is 5.98. The van der Waals surface area contributed by atoms with Crippen molar-refractivity contribution in [3.05, 3.63) is 70.8 Å². The summed E-state index contributed by atoms with van der Waals surface area (Å²) in [5.41, 5.74) is 1.69. The zero-order valence-corrected chi connectivity index (χ0v) is 15.4. The van der Waals surface area contributed by atoms with Crippen LogP contribution in [0.5, 0.6) is 5.75 Å². The molecule has 1 amide bonds. The van der Waals surface area contributed by atoms with Crippen LogP contribution >= 0.6 is 0 Å². The number of anilines is 1. The van der Waals surface area contributed by atoms with Gasteiger partial charge in [0.05, 0.1) is 22.3 Å². The maximum absolute atomic E-state index is 13.3. The third-order valence-electron chi connectivity index (χ3n) is 5.06. The number of carbonyl (C=O) groups excluding carboxylic acids is 1. The van der Waals surface area contributed by atoms with Gasteiger partial charge in [-0.25, -0.2) is 4.98 Å². The summed E-state index contributed by atoms with van der Waals surface area (Å²) in [7, 11) is 0. The van der Waals surface area contributed by atoms with Crippen LogP contribution in [0.15, 0.2) is 59.4 Å². The van der Waals surface area contributed by atoms with Crippen molar-refractivity contribution < 1.29 is 9.53 Å². The van der Waals surface area contributed by atoms with Crippen LogP contribution in [-0.2, 0) is 4.79 Å². The molecule has 6 nitrogen and oxygen atoms in total. The molecule has 1 aliphatic rings. The lowest BCUT2D eigenvalue weighted by molar-refractivity contribution is -0.122. The zero-order chi connectivity index (χ0) is 19.4. The maximum Gasteiger partial charge on any atom is 0.265 e. The number of hydrogen-bond donors (Lipinski definition) is 1. The molecule has 28 heavy (non-hydrogen) atoms. The quantitative estimate of drug-likeness (QED) is 0.519. The predicted molar refractivity (Wildman–Crippen MR) is 108 cm³/mol. The minimum absolute atomic E-state index is 0.148. The van der Waals surface area contributed by atoms with Crippen LogP contribution in [0.2, 0.25) is 0 Å². The van der Waals surface area contributed by atoms with Gasteiger partial charge < -0.3 is 10.1 Å². The van der Waals surface area contributed by atoms with Gasteiger partial charge in [-0.05, 0) is 55.0 Å². The summed E-state index contributed by atoms with van der Waals surface area (Å²) in [6.07, 6.45) is -0.543. The fourth-order valence-corrected chi connectivity index (χ4v) is 3.62. The molecule has 4 aromatic rings. The molecular formula is C22H17N3O3. The number of rotatable bonds is 1. The monoisotopic (exact) mass is 371 g/mol. The summed E-state index contributed by atoms with van der Waals surface area (Å²) in [6, 6.07) is 17.0. The fraction of sp³-hybridized carbons (Fsp3) is 0.136. The van der Waals surface area contributed by atoms with Gasteiger partial charge in [0, 0.05) is 0 Å². The van der Waals surface area contributed by atoms with Crippen LogP contribution in [0, 0.1) is 6.92 Å². The third-order valence-corrected chi connectivity index (χ3v) is 5.06. The van der Waals surface area contributed by atoms with Gasteiger partial charge in [0.1, 0.15) is 11.6 Å². The van der Waals surface area contributed by atoms with Crippen LogP contribution in [0.4, 0.5) is 5.69 Å². The molecule has 0 saturated carbocycles. The molecule has 0 unspecified atom stereocenters. The van der Waals surface area contributed by atoms with Gasteiger partial charge in [-0.3, -0.25) is 14.2 Å². The van der Waals surface area contributed by atoms with Crippen molar-refractivity contribution in [2.24, 2.45) is 0 Å². The first kappa shape index (κ1) is 16.5. The Balaban J connectivity index is 1.73. The number of aromatic nitrogens is 2. The van der Waals surface area contributed by atoms with E-state index in [0.29, 0.717) is 33.9 Å². The van der Waals surface area contributed by atoms with E-state index in [0.717, 1.165) is 10.8 Å². The van der Waals surface area contributed by atoms with E-state index in [-0.39, 0.29) is 11.5 Å². The lowest BCUT2D eigenvalue weighted by atomic mass is 10.1. The van der Waals surface area contributed by atoms with E-state index in [1.807, 2.05) is 36.4 Å². The number of aryl methyl sites for hydroxylation is 1. The summed E-state index contributed by atoms with van der Waals surface area (Å²) < 4.78 is 7.16. The first-order valence-electron chi connectivity index (χ1n) is 9.05. The lowest BCUT2D eigenvalue weighted by Crippen LogP contribution is -2.34.